The van der Waals surface area contributed by atoms with Gasteiger partial charge in [-0.1, -0.05) is 0 Å². The lowest BCUT2D eigenvalue weighted by atomic mass is 9.94. The Morgan fingerprint density at radius 1 is 0.500 bits per heavy atom. The molecule has 4 rings (SSSR count). The highest BCUT2D eigenvalue weighted by Crippen LogP contribution is 2.34. The normalized spacial score (nSPS) is 50.2. The summed E-state index contributed by atoms with van der Waals surface area (Å²) in [6, 6.07) is -1.58. The Kier molecular flexibility index (Phi) is 13.8. The summed E-state index contributed by atoms with van der Waals surface area (Å²) in [6.07, 6.45) is -33.2. The van der Waals surface area contributed by atoms with E-state index in [1.807, 2.05) is 0 Å². The molecule has 4 heterocycles. The van der Waals surface area contributed by atoms with Gasteiger partial charge in [-0.15, -0.1) is 0 Å². The Morgan fingerprint density at radius 2 is 0.896 bits per heavy atom. The van der Waals surface area contributed by atoms with Crippen molar-refractivity contribution in [3.05, 3.63) is 0 Å². The number of amides is 1. The van der Waals surface area contributed by atoms with E-state index in [-0.39, 0.29) is 0 Å². The third kappa shape index (κ3) is 8.08. The fraction of sp³-hybridized carbons (Fsp3) is 0.962. The molecule has 22 heteroatoms. The number of aliphatic hydroxyl groups is 13. The number of nitrogens with one attached hydrogen (secondary N) is 1. The van der Waals surface area contributed by atoms with Gasteiger partial charge in [0.05, 0.1) is 26.4 Å². The van der Waals surface area contributed by atoms with Crippen molar-refractivity contribution < 1.29 is 104 Å². The molecule has 1 unspecified atom stereocenters. The molecule has 4 fully saturated rings. The van der Waals surface area contributed by atoms with Crippen LogP contribution in [0.1, 0.15) is 6.92 Å². The average molecular weight is 708 g/mol. The molecule has 4 saturated heterocycles. The first-order valence-corrected chi connectivity index (χ1v) is 15.1. The Bertz CT molecular complexity index is 1020. The summed E-state index contributed by atoms with van der Waals surface area (Å²) >= 11 is 0. The largest absolute Gasteiger partial charge is 0.394 e. The van der Waals surface area contributed by atoms with Crippen molar-refractivity contribution >= 4 is 5.91 Å². The smallest absolute Gasteiger partial charge is 0.217 e. The first kappa shape index (κ1) is 39.5. The summed E-state index contributed by atoms with van der Waals surface area (Å²) < 4.78 is 38.5. The summed E-state index contributed by atoms with van der Waals surface area (Å²) in [7, 11) is 0. The van der Waals surface area contributed by atoms with Crippen molar-refractivity contribution in [3.8, 4) is 0 Å². The van der Waals surface area contributed by atoms with E-state index in [4.69, 9.17) is 33.2 Å². The van der Waals surface area contributed by atoms with Gasteiger partial charge in [-0.2, -0.15) is 0 Å². The van der Waals surface area contributed by atoms with Crippen LogP contribution in [0, 0.1) is 0 Å². The van der Waals surface area contributed by atoms with Gasteiger partial charge >= 0.3 is 0 Å². The van der Waals surface area contributed by atoms with Gasteiger partial charge in [0.1, 0.15) is 97.6 Å². The summed E-state index contributed by atoms with van der Waals surface area (Å²) in [5, 5.41) is 135. The lowest BCUT2D eigenvalue weighted by Gasteiger charge is -2.49. The maximum Gasteiger partial charge on any atom is 0.217 e. The van der Waals surface area contributed by atoms with E-state index in [0.717, 1.165) is 6.92 Å². The standard InChI is InChI=1S/C26H45NO21/c1-6(32)27-11-13(34)20(47-25-18(39)14(35)12(33)7(2-28)43-25)9(4-30)44-24(11)46-22-10(5-31)45-26(19(40)16(22)37)48-21-8(3-29)42-23(41)17(38)15(21)36/h7-26,28-31,33-41H,2-5H2,1H3,(H,27,32)/t7-,8-,9-,10-,11-,12+,13-,14+,15-,16-,17-,18-,19-,20-,21-,22+,23?,24+,25+,26+/m1/s1. The molecule has 0 aromatic heterocycles. The van der Waals surface area contributed by atoms with Gasteiger partial charge in [-0.25, -0.2) is 0 Å². The molecular formula is C26H45NO21. The van der Waals surface area contributed by atoms with E-state index < -0.39 is 155 Å². The van der Waals surface area contributed by atoms with Crippen LogP contribution in [0.2, 0.25) is 0 Å². The van der Waals surface area contributed by atoms with Gasteiger partial charge in [0.15, 0.2) is 25.2 Å². The van der Waals surface area contributed by atoms with Crippen LogP contribution in [0.15, 0.2) is 0 Å². The van der Waals surface area contributed by atoms with Crippen LogP contribution in [-0.2, 0) is 38.0 Å². The molecule has 0 aromatic carbocycles. The number of hydrogen-bond donors (Lipinski definition) is 14. The van der Waals surface area contributed by atoms with E-state index in [0.29, 0.717) is 0 Å². The van der Waals surface area contributed by atoms with Crippen LogP contribution in [0.5, 0.6) is 0 Å². The van der Waals surface area contributed by atoms with Crippen LogP contribution in [0.4, 0.5) is 0 Å². The zero-order valence-electron chi connectivity index (χ0n) is 25.5. The number of hydrogen-bond acceptors (Lipinski definition) is 21. The second-order valence-corrected chi connectivity index (χ2v) is 11.9. The van der Waals surface area contributed by atoms with Gasteiger partial charge < -0.3 is 105 Å². The molecular weight excluding hydrogens is 662 g/mol. The van der Waals surface area contributed by atoms with Crippen molar-refractivity contribution in [1.82, 2.24) is 5.32 Å². The fourth-order valence-electron chi connectivity index (χ4n) is 5.95. The van der Waals surface area contributed by atoms with Crippen LogP contribution in [0.3, 0.4) is 0 Å². The number of carbonyl (C=O) groups excluding carboxylic acids is 1. The summed E-state index contributed by atoms with van der Waals surface area (Å²) in [6.45, 7) is -2.34. The molecule has 0 aromatic rings. The Hall–Kier alpha value is -1.33. The SMILES string of the molecule is CC(=O)N[C@H]1[C@H](O[C@@H]2[C@H](O)[C@@H](O)[C@H](O[C@H]3[C@H](O)[C@@H](O)C(O)O[C@@H]3CO)O[C@@H]2CO)O[C@H](CO)[C@@H](O[C@@H]2O[C@H](CO)[C@H](O)[C@H](O)[C@H]2O)[C@@H]1O. The second kappa shape index (κ2) is 16.8. The highest BCUT2D eigenvalue weighted by atomic mass is 16.8. The molecule has 14 N–H and O–H groups in total. The predicted octanol–water partition coefficient (Wildman–Crippen LogP) is -9.61. The molecule has 0 radical (unpaired) electrons. The highest BCUT2D eigenvalue weighted by Gasteiger charge is 2.55. The molecule has 0 spiro atoms. The molecule has 4 aliphatic rings. The molecule has 1 amide bonds. The molecule has 280 valence electrons. The van der Waals surface area contributed by atoms with Gasteiger partial charge in [0.25, 0.3) is 0 Å². The maximum atomic E-state index is 12.1. The van der Waals surface area contributed by atoms with Gasteiger partial charge in [-0.3, -0.25) is 4.79 Å². The predicted molar refractivity (Wildman–Crippen MR) is 145 cm³/mol. The Balaban J connectivity index is 1.51. The van der Waals surface area contributed by atoms with E-state index in [9.17, 15) is 71.2 Å². The molecule has 20 atom stereocenters. The van der Waals surface area contributed by atoms with Crippen molar-refractivity contribution in [2.75, 3.05) is 26.4 Å². The maximum absolute atomic E-state index is 12.1. The molecule has 48 heavy (non-hydrogen) atoms. The first-order valence-electron chi connectivity index (χ1n) is 15.1. The quantitative estimate of drug-likeness (QED) is 0.0947. The van der Waals surface area contributed by atoms with Crippen molar-refractivity contribution in [1.29, 1.82) is 0 Å². The molecule has 0 aliphatic carbocycles. The fourth-order valence-corrected chi connectivity index (χ4v) is 5.95. The Labute approximate surface area is 272 Å². The summed E-state index contributed by atoms with van der Waals surface area (Å²) in [5.74, 6) is -0.739. The average Bonchev–Trinajstić information content (AvgIpc) is 3.06. The third-order valence-electron chi connectivity index (χ3n) is 8.61. The van der Waals surface area contributed by atoms with E-state index in [1.54, 1.807) is 0 Å². The van der Waals surface area contributed by atoms with Gasteiger partial charge in [-0.05, 0) is 0 Å². The van der Waals surface area contributed by atoms with E-state index >= 15 is 0 Å². The van der Waals surface area contributed by atoms with E-state index in [1.165, 1.54) is 0 Å². The monoisotopic (exact) mass is 707 g/mol. The zero-order valence-corrected chi connectivity index (χ0v) is 25.5. The minimum Gasteiger partial charge on any atom is -0.394 e. The molecule has 0 saturated carbocycles. The zero-order chi connectivity index (χ0) is 35.6. The molecule has 4 aliphatic heterocycles. The number of ether oxygens (including phenoxy) is 7. The van der Waals surface area contributed by atoms with Crippen LogP contribution >= 0.6 is 0 Å². The van der Waals surface area contributed by atoms with Crippen molar-refractivity contribution in [3.63, 3.8) is 0 Å². The van der Waals surface area contributed by atoms with Gasteiger partial charge in [0, 0.05) is 6.92 Å². The van der Waals surface area contributed by atoms with Gasteiger partial charge in [0.2, 0.25) is 5.91 Å². The molecule has 0 bridgehead atoms. The number of aliphatic hydroxyl groups excluding tert-OH is 13. The van der Waals surface area contributed by atoms with Crippen molar-refractivity contribution in [2.45, 2.75) is 130 Å². The minimum absolute atomic E-state index is 0.739. The summed E-state index contributed by atoms with van der Waals surface area (Å²) in [4.78, 5) is 12.1. The first-order chi connectivity index (χ1) is 22.7. The lowest BCUT2D eigenvalue weighted by Crippen LogP contribution is -2.69. The third-order valence-corrected chi connectivity index (χ3v) is 8.61. The van der Waals surface area contributed by atoms with Crippen LogP contribution in [0.25, 0.3) is 0 Å². The summed E-state index contributed by atoms with van der Waals surface area (Å²) in [5.41, 5.74) is 0. The van der Waals surface area contributed by atoms with Crippen LogP contribution < -0.4 is 5.32 Å². The van der Waals surface area contributed by atoms with Crippen LogP contribution in [-0.4, -0.2) is 221 Å². The topological polar surface area (TPSA) is 357 Å². The van der Waals surface area contributed by atoms with Crippen molar-refractivity contribution in [2.24, 2.45) is 0 Å². The second-order valence-electron chi connectivity index (χ2n) is 11.9. The van der Waals surface area contributed by atoms with E-state index in [2.05, 4.69) is 5.32 Å². The molecule has 22 nitrogen and oxygen atoms in total. The number of carbonyl (C=O) groups is 1. The number of rotatable bonds is 11. The highest BCUT2D eigenvalue weighted by molar-refractivity contribution is 5.73. The minimum atomic E-state index is -2.02. The Morgan fingerprint density at radius 3 is 1.40 bits per heavy atom. The lowest BCUT2D eigenvalue weighted by molar-refractivity contribution is -0.379.